The van der Waals surface area contributed by atoms with Crippen LogP contribution in [0.2, 0.25) is 0 Å². The summed E-state index contributed by atoms with van der Waals surface area (Å²) in [5.41, 5.74) is 0. The van der Waals surface area contributed by atoms with Gasteiger partial charge in [-0.3, -0.25) is 4.79 Å². The van der Waals surface area contributed by atoms with E-state index in [-0.39, 0.29) is 97.1 Å². The van der Waals surface area contributed by atoms with Crippen LogP contribution in [-0.4, -0.2) is 11.1 Å². The molecule has 0 atom stereocenters. The third-order valence-corrected chi connectivity index (χ3v) is 0. The van der Waals surface area contributed by atoms with Crippen LogP contribution in [0.5, 0.6) is 0 Å². The summed E-state index contributed by atoms with van der Waals surface area (Å²) in [7, 11) is 0. The van der Waals surface area contributed by atoms with E-state index in [1.165, 1.54) is 0 Å². The Hall–Kier alpha value is 2.43. The van der Waals surface area contributed by atoms with Gasteiger partial charge in [-0.05, 0) is 0 Å². The van der Waals surface area contributed by atoms with E-state index in [2.05, 4.69) is 0 Å². The van der Waals surface area contributed by atoms with Gasteiger partial charge < -0.3 is 7.96 Å². The number of hydrogen-bond donors (Lipinski definition) is 1. The minimum Gasteiger partial charge on any atom is -1.00 e. The molecular weight excluding hydrogens is 229 g/mol. The second-order valence-corrected chi connectivity index (χ2v) is 0.519. The van der Waals surface area contributed by atoms with Crippen molar-refractivity contribution in [3.63, 3.8) is 0 Å². The van der Waals surface area contributed by atoms with Gasteiger partial charge in [-0.1, -0.05) is 0 Å². The SMILES string of the molecule is CC(=O)O.I.[H-].[H-].[K+].[Li+]. The average molecular weight is 236 g/mol. The first-order chi connectivity index (χ1) is 1.73. The van der Waals surface area contributed by atoms with Crippen LogP contribution >= 0.6 is 24.0 Å². The summed E-state index contributed by atoms with van der Waals surface area (Å²) < 4.78 is 0. The van der Waals surface area contributed by atoms with Crippen molar-refractivity contribution in [3.05, 3.63) is 0 Å². The predicted octanol–water partition coefficient (Wildman–Crippen LogP) is -5.06. The largest absolute Gasteiger partial charge is 1.00 e. The molecule has 0 amide bonds. The fourth-order valence-electron chi connectivity index (χ4n) is 0. The molecular formula is C2H7IKLiO2. The van der Waals surface area contributed by atoms with Gasteiger partial charge in [0.05, 0.1) is 0 Å². The van der Waals surface area contributed by atoms with Crippen molar-refractivity contribution in [2.24, 2.45) is 0 Å². The van der Waals surface area contributed by atoms with Gasteiger partial charge in [0.25, 0.3) is 5.97 Å². The van der Waals surface area contributed by atoms with Gasteiger partial charge in [0.15, 0.2) is 0 Å². The van der Waals surface area contributed by atoms with E-state index in [0.717, 1.165) is 6.92 Å². The van der Waals surface area contributed by atoms with Gasteiger partial charge in [0.2, 0.25) is 0 Å². The maximum Gasteiger partial charge on any atom is 1.00 e. The number of carboxylic acid groups (broad SMARTS) is 1. The van der Waals surface area contributed by atoms with Crippen molar-refractivity contribution < 1.29 is 83.0 Å². The summed E-state index contributed by atoms with van der Waals surface area (Å²) in [4.78, 5) is 9.00. The average Bonchev–Trinajstić information content (AvgIpc) is 0.811. The number of aliphatic carboxylic acids is 1. The van der Waals surface area contributed by atoms with Crippen LogP contribution in [-0.2, 0) is 4.79 Å². The van der Waals surface area contributed by atoms with Crippen LogP contribution in [0.1, 0.15) is 9.78 Å². The molecule has 0 bridgehead atoms. The second kappa shape index (κ2) is 15.8. The Kier molecular flexibility index (Phi) is 51.2. The smallest absolute Gasteiger partial charge is 1.00 e. The molecule has 0 saturated heterocycles. The molecule has 0 aliphatic rings. The number of carboxylic acids is 1. The third kappa shape index (κ3) is 58.9. The zero-order chi connectivity index (χ0) is 3.58. The molecule has 0 rings (SSSR count). The van der Waals surface area contributed by atoms with Gasteiger partial charge >= 0.3 is 70.2 Å². The number of rotatable bonds is 0. The van der Waals surface area contributed by atoms with Crippen LogP contribution in [0.25, 0.3) is 0 Å². The van der Waals surface area contributed by atoms with Gasteiger partial charge in [0.1, 0.15) is 0 Å². The fourth-order valence-corrected chi connectivity index (χ4v) is 0. The minimum absolute atomic E-state index is 0. The summed E-state index contributed by atoms with van der Waals surface area (Å²) in [6.45, 7) is 1.08. The van der Waals surface area contributed by atoms with Gasteiger partial charge in [-0.25, -0.2) is 0 Å². The number of halogens is 1. The topological polar surface area (TPSA) is 37.3 Å². The first-order valence-electron chi connectivity index (χ1n) is 0.928. The van der Waals surface area contributed by atoms with Crippen molar-refractivity contribution in [1.29, 1.82) is 0 Å². The van der Waals surface area contributed by atoms with E-state index in [0.29, 0.717) is 0 Å². The minimum atomic E-state index is -0.833. The van der Waals surface area contributed by atoms with Crippen molar-refractivity contribution in [2.45, 2.75) is 6.92 Å². The molecule has 2 nitrogen and oxygen atoms in total. The molecule has 7 heavy (non-hydrogen) atoms. The van der Waals surface area contributed by atoms with Crippen molar-refractivity contribution in [2.75, 3.05) is 0 Å². The van der Waals surface area contributed by atoms with Crippen molar-refractivity contribution in [1.82, 2.24) is 0 Å². The molecule has 0 spiro atoms. The molecule has 0 aliphatic heterocycles. The van der Waals surface area contributed by atoms with Crippen molar-refractivity contribution in [3.8, 4) is 0 Å². The van der Waals surface area contributed by atoms with E-state index < -0.39 is 5.97 Å². The number of hydrogen-bond acceptors (Lipinski definition) is 1. The summed E-state index contributed by atoms with van der Waals surface area (Å²) in [6, 6.07) is 0. The Bertz CT molecular complexity index is 45.5. The molecule has 0 fully saturated rings. The van der Waals surface area contributed by atoms with Crippen molar-refractivity contribution >= 4 is 29.9 Å². The third-order valence-electron chi connectivity index (χ3n) is 0. The Morgan fingerprint density at radius 2 is 1.71 bits per heavy atom. The Morgan fingerprint density at radius 1 is 1.71 bits per heavy atom. The van der Waals surface area contributed by atoms with Crippen LogP contribution in [0.15, 0.2) is 0 Å². The fraction of sp³-hybridized carbons (Fsp3) is 0.500. The van der Waals surface area contributed by atoms with Crippen LogP contribution in [0.4, 0.5) is 0 Å². The summed E-state index contributed by atoms with van der Waals surface area (Å²) in [6.07, 6.45) is 0. The Labute approximate surface area is 117 Å². The molecule has 0 aromatic carbocycles. The molecule has 36 valence electrons. The van der Waals surface area contributed by atoms with Gasteiger partial charge in [-0.2, -0.15) is 0 Å². The van der Waals surface area contributed by atoms with Crippen LogP contribution in [0, 0.1) is 0 Å². The first kappa shape index (κ1) is 22.7. The van der Waals surface area contributed by atoms with E-state index in [1.54, 1.807) is 0 Å². The molecule has 0 aromatic heterocycles. The zero-order valence-electron chi connectivity index (χ0n) is 6.76. The van der Waals surface area contributed by atoms with E-state index in [1.807, 2.05) is 0 Å². The van der Waals surface area contributed by atoms with E-state index >= 15 is 0 Å². The van der Waals surface area contributed by atoms with Crippen LogP contribution in [0.3, 0.4) is 0 Å². The monoisotopic (exact) mass is 236 g/mol. The van der Waals surface area contributed by atoms with Crippen LogP contribution < -0.4 is 70.2 Å². The second-order valence-electron chi connectivity index (χ2n) is 0.519. The van der Waals surface area contributed by atoms with E-state index in [9.17, 15) is 0 Å². The molecule has 5 heteroatoms. The van der Waals surface area contributed by atoms with E-state index in [4.69, 9.17) is 9.90 Å². The van der Waals surface area contributed by atoms with Gasteiger partial charge in [0, 0.05) is 6.92 Å². The molecule has 0 aliphatic carbocycles. The Balaban J connectivity index is -0.00000000450. The first-order valence-corrected chi connectivity index (χ1v) is 0.928. The zero-order valence-corrected chi connectivity index (χ0v) is 10.2. The van der Waals surface area contributed by atoms with Gasteiger partial charge in [-0.15, -0.1) is 24.0 Å². The summed E-state index contributed by atoms with van der Waals surface area (Å²) in [5.74, 6) is -0.833. The Morgan fingerprint density at radius 3 is 1.71 bits per heavy atom. The molecule has 0 radical (unpaired) electrons. The normalized spacial score (nSPS) is 3.57. The quantitative estimate of drug-likeness (QED) is 0.337. The molecule has 0 heterocycles. The molecule has 0 saturated carbocycles. The summed E-state index contributed by atoms with van der Waals surface area (Å²) in [5, 5.41) is 7.42. The number of carbonyl (C=O) groups is 1. The molecule has 1 N–H and O–H groups in total. The predicted molar refractivity (Wildman–Crippen MR) is 30.9 cm³/mol. The maximum atomic E-state index is 9.00. The molecule has 0 unspecified atom stereocenters. The summed E-state index contributed by atoms with van der Waals surface area (Å²) >= 11 is 0. The maximum absolute atomic E-state index is 9.00. The standard InChI is InChI=1S/C2H4O2.HI.K.Li.2H/c1-2(3)4;;;;;/h1H3,(H,3,4);1H;;;;/q;;2*+1;2*-1. The molecule has 0 aromatic rings.